The van der Waals surface area contributed by atoms with Gasteiger partial charge in [0.05, 0.1) is 0 Å². The molecule has 1 aromatic rings. The summed E-state index contributed by atoms with van der Waals surface area (Å²) in [6.07, 6.45) is 0. The zero-order chi connectivity index (χ0) is 12.3. The molecule has 0 saturated carbocycles. The summed E-state index contributed by atoms with van der Waals surface area (Å²) in [5.74, 6) is -0.521. The average molecular weight is 242 g/mol. The molecular weight excluding hydrogens is 227 g/mol. The molecule has 1 N–H and O–H groups in total. The Morgan fingerprint density at radius 3 is 2.62 bits per heavy atom. The SMILES string of the molecule is Cc1cc(F)ccc1CSC(C)(C)C(=O)O. The molecule has 4 heteroatoms. The summed E-state index contributed by atoms with van der Waals surface area (Å²) in [7, 11) is 0. The van der Waals surface area contributed by atoms with Crippen molar-refractivity contribution in [2.24, 2.45) is 0 Å². The first-order chi connectivity index (χ1) is 7.33. The number of rotatable bonds is 4. The van der Waals surface area contributed by atoms with Crippen molar-refractivity contribution in [2.75, 3.05) is 0 Å². The van der Waals surface area contributed by atoms with Crippen LogP contribution in [0.25, 0.3) is 0 Å². The van der Waals surface area contributed by atoms with Crippen molar-refractivity contribution in [3.63, 3.8) is 0 Å². The van der Waals surface area contributed by atoms with Crippen molar-refractivity contribution < 1.29 is 14.3 Å². The van der Waals surface area contributed by atoms with E-state index in [-0.39, 0.29) is 5.82 Å². The molecule has 0 aliphatic heterocycles. The lowest BCUT2D eigenvalue weighted by Crippen LogP contribution is -2.27. The topological polar surface area (TPSA) is 37.3 Å². The second-order valence-corrected chi connectivity index (χ2v) is 5.77. The van der Waals surface area contributed by atoms with Crippen molar-refractivity contribution in [1.82, 2.24) is 0 Å². The van der Waals surface area contributed by atoms with E-state index >= 15 is 0 Å². The van der Waals surface area contributed by atoms with Crippen molar-refractivity contribution in [2.45, 2.75) is 31.3 Å². The number of aliphatic carboxylic acids is 1. The van der Waals surface area contributed by atoms with Gasteiger partial charge in [-0.25, -0.2) is 4.39 Å². The van der Waals surface area contributed by atoms with Crippen LogP contribution in [0.15, 0.2) is 18.2 Å². The van der Waals surface area contributed by atoms with Crippen LogP contribution >= 0.6 is 11.8 Å². The Labute approximate surface area is 98.9 Å². The van der Waals surface area contributed by atoms with Crippen LogP contribution in [0, 0.1) is 12.7 Å². The van der Waals surface area contributed by atoms with Gasteiger partial charge in [0.25, 0.3) is 0 Å². The highest BCUT2D eigenvalue weighted by Crippen LogP contribution is 2.29. The van der Waals surface area contributed by atoms with Gasteiger partial charge in [-0.2, -0.15) is 0 Å². The summed E-state index contributed by atoms with van der Waals surface area (Å²) in [6, 6.07) is 4.57. The molecule has 16 heavy (non-hydrogen) atoms. The third kappa shape index (κ3) is 3.23. The first-order valence-electron chi connectivity index (χ1n) is 4.95. The van der Waals surface area contributed by atoms with Gasteiger partial charge in [-0.05, 0) is 44.0 Å². The van der Waals surface area contributed by atoms with E-state index in [1.165, 1.54) is 23.9 Å². The van der Waals surface area contributed by atoms with Gasteiger partial charge in [-0.3, -0.25) is 4.79 Å². The van der Waals surface area contributed by atoms with Crippen LogP contribution in [0.5, 0.6) is 0 Å². The van der Waals surface area contributed by atoms with E-state index in [1.807, 2.05) is 6.92 Å². The summed E-state index contributed by atoms with van der Waals surface area (Å²) >= 11 is 1.34. The lowest BCUT2D eigenvalue weighted by molar-refractivity contribution is -0.138. The van der Waals surface area contributed by atoms with Crippen LogP contribution in [0.3, 0.4) is 0 Å². The number of aryl methyl sites for hydroxylation is 1. The van der Waals surface area contributed by atoms with Crippen molar-refractivity contribution in [1.29, 1.82) is 0 Å². The standard InChI is InChI=1S/C12H15FO2S/c1-8-6-10(13)5-4-9(8)7-16-12(2,3)11(14)15/h4-6H,7H2,1-3H3,(H,14,15). The predicted molar refractivity (Wildman–Crippen MR) is 64.1 cm³/mol. The van der Waals surface area contributed by atoms with Crippen molar-refractivity contribution in [3.8, 4) is 0 Å². The number of carboxylic acid groups (broad SMARTS) is 1. The molecule has 0 heterocycles. The minimum absolute atomic E-state index is 0.260. The highest BCUT2D eigenvalue weighted by Gasteiger charge is 2.27. The zero-order valence-electron chi connectivity index (χ0n) is 9.58. The van der Waals surface area contributed by atoms with E-state index in [4.69, 9.17) is 5.11 Å². The van der Waals surface area contributed by atoms with Gasteiger partial charge in [-0.15, -0.1) is 11.8 Å². The Kier molecular flexibility index (Phi) is 3.97. The van der Waals surface area contributed by atoms with Crippen molar-refractivity contribution >= 4 is 17.7 Å². The number of thioether (sulfide) groups is 1. The second kappa shape index (κ2) is 4.87. The molecule has 0 amide bonds. The van der Waals surface area contributed by atoms with E-state index in [0.717, 1.165) is 11.1 Å². The predicted octanol–water partition coefficient (Wildman–Crippen LogP) is 3.23. The fraction of sp³-hybridized carbons (Fsp3) is 0.417. The summed E-state index contributed by atoms with van der Waals surface area (Å²) in [5.41, 5.74) is 1.83. The lowest BCUT2D eigenvalue weighted by atomic mass is 10.1. The second-order valence-electron chi connectivity index (χ2n) is 4.17. The third-order valence-corrected chi connectivity index (χ3v) is 3.76. The largest absolute Gasteiger partial charge is 0.480 e. The molecule has 0 aromatic heterocycles. The molecular formula is C12H15FO2S. The molecule has 1 aromatic carbocycles. The Morgan fingerprint density at radius 2 is 2.12 bits per heavy atom. The molecule has 0 radical (unpaired) electrons. The maximum atomic E-state index is 12.8. The minimum Gasteiger partial charge on any atom is -0.480 e. The lowest BCUT2D eigenvalue weighted by Gasteiger charge is -2.18. The molecule has 0 spiro atoms. The van der Waals surface area contributed by atoms with Crippen LogP contribution < -0.4 is 0 Å². The molecule has 0 atom stereocenters. The smallest absolute Gasteiger partial charge is 0.319 e. The molecule has 0 aliphatic rings. The Bertz CT molecular complexity index is 402. The van der Waals surface area contributed by atoms with Crippen molar-refractivity contribution in [3.05, 3.63) is 35.1 Å². The van der Waals surface area contributed by atoms with Crippen LogP contribution in [0.1, 0.15) is 25.0 Å². The minimum atomic E-state index is -0.836. The average Bonchev–Trinajstić information content (AvgIpc) is 2.16. The van der Waals surface area contributed by atoms with Gasteiger partial charge in [0.2, 0.25) is 0 Å². The summed E-state index contributed by atoms with van der Waals surface area (Å²) in [4.78, 5) is 10.9. The monoisotopic (exact) mass is 242 g/mol. The van der Waals surface area contributed by atoms with Gasteiger partial charge < -0.3 is 5.11 Å². The fourth-order valence-electron chi connectivity index (χ4n) is 1.14. The normalized spacial score (nSPS) is 11.5. The number of carboxylic acids is 1. The number of benzene rings is 1. The molecule has 0 unspecified atom stereocenters. The zero-order valence-corrected chi connectivity index (χ0v) is 10.4. The molecule has 1 rings (SSSR count). The highest BCUT2D eigenvalue weighted by molar-refractivity contribution is 8.00. The number of hydrogen-bond acceptors (Lipinski definition) is 2. The molecule has 2 nitrogen and oxygen atoms in total. The fourth-order valence-corrected chi connectivity index (χ4v) is 2.10. The van der Waals surface area contributed by atoms with E-state index in [0.29, 0.717) is 5.75 Å². The van der Waals surface area contributed by atoms with E-state index in [9.17, 15) is 9.18 Å². The van der Waals surface area contributed by atoms with Crippen LogP contribution in [-0.2, 0) is 10.5 Å². The summed E-state index contributed by atoms with van der Waals surface area (Å²) < 4.78 is 12.0. The van der Waals surface area contributed by atoms with Gasteiger partial charge in [0, 0.05) is 5.75 Å². The molecule has 0 bridgehead atoms. The molecule has 0 aliphatic carbocycles. The van der Waals surface area contributed by atoms with Crippen LogP contribution in [0.4, 0.5) is 4.39 Å². The van der Waals surface area contributed by atoms with Crippen LogP contribution in [-0.4, -0.2) is 15.8 Å². The first kappa shape index (κ1) is 13.0. The Balaban J connectivity index is 2.72. The number of hydrogen-bond donors (Lipinski definition) is 1. The van der Waals surface area contributed by atoms with Crippen LogP contribution in [0.2, 0.25) is 0 Å². The Hall–Kier alpha value is -1.03. The third-order valence-electron chi connectivity index (χ3n) is 2.41. The number of carbonyl (C=O) groups is 1. The first-order valence-corrected chi connectivity index (χ1v) is 5.94. The molecule has 88 valence electrons. The highest BCUT2D eigenvalue weighted by atomic mass is 32.2. The molecule has 0 fully saturated rings. The quantitative estimate of drug-likeness (QED) is 0.880. The van der Waals surface area contributed by atoms with Gasteiger partial charge in [0.15, 0.2) is 0 Å². The number of halogens is 1. The summed E-state index contributed by atoms with van der Waals surface area (Å²) in [6.45, 7) is 5.16. The van der Waals surface area contributed by atoms with Gasteiger partial charge in [-0.1, -0.05) is 6.07 Å². The van der Waals surface area contributed by atoms with Gasteiger partial charge >= 0.3 is 5.97 Å². The van der Waals surface area contributed by atoms with E-state index < -0.39 is 10.7 Å². The van der Waals surface area contributed by atoms with Gasteiger partial charge in [0.1, 0.15) is 10.6 Å². The summed E-state index contributed by atoms with van der Waals surface area (Å²) in [5, 5.41) is 8.95. The maximum Gasteiger partial charge on any atom is 0.319 e. The van der Waals surface area contributed by atoms with E-state index in [1.54, 1.807) is 19.9 Å². The maximum absolute atomic E-state index is 12.8. The Morgan fingerprint density at radius 1 is 1.50 bits per heavy atom. The van der Waals surface area contributed by atoms with E-state index in [2.05, 4.69) is 0 Å². The molecule has 0 saturated heterocycles.